The molecule has 13 nitrogen and oxygen atoms in total. The molecule has 0 saturated carbocycles. The SMILES string of the molecule is CCCCN(Cc1ccc(-c2ccccc2-c2nn[nH]n2)cc1)C(=O)N(CC(=O)OCC)CC(=O)OCC(=O)N(CC)CC. The lowest BCUT2D eigenvalue weighted by atomic mass is 9.98. The molecular weight excluding hydrogens is 566 g/mol. The summed E-state index contributed by atoms with van der Waals surface area (Å²) < 4.78 is 10.2. The highest BCUT2D eigenvalue weighted by Crippen LogP contribution is 2.30. The van der Waals surface area contributed by atoms with Crippen LogP contribution >= 0.6 is 0 Å². The first-order chi connectivity index (χ1) is 21.3. The zero-order valence-corrected chi connectivity index (χ0v) is 25.8. The molecule has 0 fully saturated rings. The number of amides is 3. The number of hydrogen-bond donors (Lipinski definition) is 1. The van der Waals surface area contributed by atoms with Gasteiger partial charge in [0.2, 0.25) is 5.82 Å². The van der Waals surface area contributed by atoms with Crippen LogP contribution < -0.4 is 0 Å². The summed E-state index contributed by atoms with van der Waals surface area (Å²) in [5.41, 5.74) is 3.55. The summed E-state index contributed by atoms with van der Waals surface area (Å²) in [5.74, 6) is -1.28. The van der Waals surface area contributed by atoms with Crippen molar-refractivity contribution in [1.29, 1.82) is 0 Å². The van der Waals surface area contributed by atoms with Gasteiger partial charge >= 0.3 is 18.0 Å². The number of hydrogen-bond acceptors (Lipinski definition) is 9. The molecule has 3 rings (SSSR count). The van der Waals surface area contributed by atoms with Crippen molar-refractivity contribution in [3.63, 3.8) is 0 Å². The number of carbonyl (C=O) groups excluding carboxylic acids is 4. The number of H-pyrrole nitrogens is 1. The van der Waals surface area contributed by atoms with Crippen molar-refractivity contribution in [2.45, 2.75) is 47.1 Å². The predicted octanol–water partition coefficient (Wildman–Crippen LogP) is 3.53. The monoisotopic (exact) mass is 607 g/mol. The van der Waals surface area contributed by atoms with Crippen molar-refractivity contribution >= 4 is 23.9 Å². The fourth-order valence-electron chi connectivity index (χ4n) is 4.57. The zero-order chi connectivity index (χ0) is 31.9. The first-order valence-electron chi connectivity index (χ1n) is 14.9. The van der Waals surface area contributed by atoms with Gasteiger partial charge in [-0.15, -0.1) is 10.2 Å². The van der Waals surface area contributed by atoms with Crippen LogP contribution in [0.15, 0.2) is 48.5 Å². The van der Waals surface area contributed by atoms with Crippen LogP contribution in [0.5, 0.6) is 0 Å². The van der Waals surface area contributed by atoms with Crippen LogP contribution in [0.25, 0.3) is 22.5 Å². The number of nitrogens with zero attached hydrogens (tertiary/aromatic N) is 6. The minimum atomic E-state index is -0.789. The molecule has 0 aliphatic carbocycles. The van der Waals surface area contributed by atoms with E-state index in [0.717, 1.165) is 40.0 Å². The Labute approximate surface area is 257 Å². The van der Waals surface area contributed by atoms with E-state index in [-0.39, 0.29) is 19.1 Å². The van der Waals surface area contributed by atoms with Gasteiger partial charge in [0.1, 0.15) is 13.1 Å². The van der Waals surface area contributed by atoms with Crippen LogP contribution in [0, 0.1) is 0 Å². The Morgan fingerprint density at radius 1 is 0.795 bits per heavy atom. The Morgan fingerprint density at radius 3 is 2.05 bits per heavy atom. The largest absolute Gasteiger partial charge is 0.465 e. The number of rotatable bonds is 16. The van der Waals surface area contributed by atoms with E-state index in [1.807, 2.05) is 69.3 Å². The van der Waals surface area contributed by atoms with Gasteiger partial charge < -0.3 is 24.2 Å². The number of urea groups is 1. The molecular formula is C31H41N7O6. The van der Waals surface area contributed by atoms with Gasteiger partial charge in [0.25, 0.3) is 5.91 Å². The first-order valence-corrected chi connectivity index (χ1v) is 14.9. The van der Waals surface area contributed by atoms with E-state index < -0.39 is 37.7 Å². The summed E-state index contributed by atoms with van der Waals surface area (Å²) in [6.07, 6.45) is 1.56. The van der Waals surface area contributed by atoms with Crippen molar-refractivity contribution in [3.8, 4) is 22.5 Å². The molecule has 1 N–H and O–H groups in total. The van der Waals surface area contributed by atoms with Crippen LogP contribution in [0.3, 0.4) is 0 Å². The molecule has 13 heteroatoms. The minimum absolute atomic E-state index is 0.130. The third-order valence-electron chi connectivity index (χ3n) is 6.89. The predicted molar refractivity (Wildman–Crippen MR) is 163 cm³/mol. The zero-order valence-electron chi connectivity index (χ0n) is 25.8. The van der Waals surface area contributed by atoms with Crippen molar-refractivity contribution in [2.24, 2.45) is 0 Å². The van der Waals surface area contributed by atoms with Crippen LogP contribution in [-0.4, -0.2) is 105 Å². The molecule has 236 valence electrons. The van der Waals surface area contributed by atoms with E-state index in [1.54, 1.807) is 11.8 Å². The molecule has 0 aliphatic rings. The number of likely N-dealkylation sites (N-methyl/N-ethyl adjacent to an activating group) is 1. The molecule has 0 spiro atoms. The molecule has 0 aliphatic heterocycles. The van der Waals surface area contributed by atoms with E-state index in [1.165, 1.54) is 4.90 Å². The fourth-order valence-corrected chi connectivity index (χ4v) is 4.57. The van der Waals surface area contributed by atoms with Crippen molar-refractivity contribution in [2.75, 3.05) is 45.9 Å². The first kappa shape index (κ1) is 33.7. The lowest BCUT2D eigenvalue weighted by Gasteiger charge is -2.30. The van der Waals surface area contributed by atoms with Crippen LogP contribution in [0.2, 0.25) is 0 Å². The Balaban J connectivity index is 1.77. The topological polar surface area (TPSA) is 151 Å². The highest BCUT2D eigenvalue weighted by Gasteiger charge is 2.27. The lowest BCUT2D eigenvalue weighted by molar-refractivity contribution is -0.153. The number of aromatic amines is 1. The summed E-state index contributed by atoms with van der Waals surface area (Å²) in [6.45, 7) is 7.72. The third-order valence-corrected chi connectivity index (χ3v) is 6.89. The maximum absolute atomic E-state index is 13.8. The van der Waals surface area contributed by atoms with E-state index in [4.69, 9.17) is 9.47 Å². The maximum Gasteiger partial charge on any atom is 0.326 e. The number of esters is 2. The van der Waals surface area contributed by atoms with Gasteiger partial charge in [-0.25, -0.2) is 4.79 Å². The van der Waals surface area contributed by atoms with Crippen LogP contribution in [-0.2, 0) is 30.4 Å². The molecule has 0 saturated heterocycles. The van der Waals surface area contributed by atoms with Crippen LogP contribution in [0.1, 0.15) is 46.1 Å². The maximum atomic E-state index is 13.8. The Kier molecular flexibility index (Phi) is 13.3. The summed E-state index contributed by atoms with van der Waals surface area (Å²) in [6, 6.07) is 15.0. The number of nitrogens with one attached hydrogen (secondary N) is 1. The Hall–Kier alpha value is -4.81. The number of tetrazole rings is 1. The fraction of sp³-hybridized carbons (Fsp3) is 0.452. The number of ether oxygens (including phenoxy) is 2. The second-order valence-corrected chi connectivity index (χ2v) is 9.92. The molecule has 3 amide bonds. The highest BCUT2D eigenvalue weighted by atomic mass is 16.5. The molecule has 0 radical (unpaired) electrons. The minimum Gasteiger partial charge on any atom is -0.465 e. The molecule has 0 atom stereocenters. The van der Waals surface area contributed by atoms with Gasteiger partial charge in [-0.3, -0.25) is 14.4 Å². The average Bonchev–Trinajstić information content (AvgIpc) is 3.57. The van der Waals surface area contributed by atoms with E-state index in [9.17, 15) is 19.2 Å². The molecule has 0 unspecified atom stereocenters. The Bertz CT molecular complexity index is 1360. The molecule has 3 aromatic rings. The number of benzene rings is 2. The average molecular weight is 608 g/mol. The van der Waals surface area contributed by atoms with E-state index in [2.05, 4.69) is 20.6 Å². The molecule has 2 aromatic carbocycles. The second kappa shape index (κ2) is 17.3. The van der Waals surface area contributed by atoms with E-state index >= 15 is 0 Å². The van der Waals surface area contributed by atoms with Gasteiger partial charge in [-0.2, -0.15) is 5.21 Å². The summed E-state index contributed by atoms with van der Waals surface area (Å²) >= 11 is 0. The van der Waals surface area contributed by atoms with Crippen LogP contribution in [0.4, 0.5) is 4.79 Å². The molecule has 1 heterocycles. The number of carbonyl (C=O) groups is 4. The van der Waals surface area contributed by atoms with Gasteiger partial charge in [0.05, 0.1) is 6.61 Å². The normalized spacial score (nSPS) is 10.6. The highest BCUT2D eigenvalue weighted by molar-refractivity contribution is 5.86. The smallest absolute Gasteiger partial charge is 0.326 e. The molecule has 1 aromatic heterocycles. The summed E-state index contributed by atoms with van der Waals surface area (Å²) in [4.78, 5) is 55.4. The second-order valence-electron chi connectivity index (χ2n) is 9.92. The summed E-state index contributed by atoms with van der Waals surface area (Å²) in [5, 5.41) is 14.3. The van der Waals surface area contributed by atoms with Gasteiger partial charge in [0, 0.05) is 31.7 Å². The van der Waals surface area contributed by atoms with Crippen molar-refractivity contribution in [1.82, 2.24) is 35.3 Å². The van der Waals surface area contributed by atoms with Crippen molar-refractivity contribution in [3.05, 3.63) is 54.1 Å². The molecule has 44 heavy (non-hydrogen) atoms. The standard InChI is InChI=1S/C31H41N7O6/c1-5-9-18-37(19-23-14-16-24(17-15-23)25-12-10-11-13-26(25)30-32-34-35-33-30)31(42)38(20-28(40)43-8-4)21-29(41)44-22-27(39)36(6-2)7-3/h10-17H,5-9,18-22H2,1-4H3,(H,32,33,34,35). The van der Waals surface area contributed by atoms with Gasteiger partial charge in [0.15, 0.2) is 6.61 Å². The lowest BCUT2D eigenvalue weighted by Crippen LogP contribution is -2.48. The van der Waals surface area contributed by atoms with E-state index in [0.29, 0.717) is 25.5 Å². The molecule has 0 bridgehead atoms. The summed E-state index contributed by atoms with van der Waals surface area (Å²) in [7, 11) is 0. The number of unbranched alkanes of at least 4 members (excludes halogenated alkanes) is 1. The third kappa shape index (κ3) is 9.61. The Morgan fingerprint density at radius 2 is 1.45 bits per heavy atom. The van der Waals surface area contributed by atoms with Gasteiger partial charge in [-0.05, 0) is 49.1 Å². The number of aromatic nitrogens is 4. The van der Waals surface area contributed by atoms with Crippen molar-refractivity contribution < 1.29 is 28.7 Å². The quantitative estimate of drug-likeness (QED) is 0.241. The van der Waals surface area contributed by atoms with Gasteiger partial charge in [-0.1, -0.05) is 61.9 Å².